The number of carbonyl (C=O) groups excluding carboxylic acids is 2. The summed E-state index contributed by atoms with van der Waals surface area (Å²) in [5.41, 5.74) is -0.293. The molecular formula is C14H20BaO7S. The van der Waals surface area contributed by atoms with E-state index in [1.165, 1.54) is 6.07 Å². The van der Waals surface area contributed by atoms with E-state index in [2.05, 4.69) is 0 Å². The van der Waals surface area contributed by atoms with Gasteiger partial charge in [-0.1, -0.05) is 13.8 Å². The number of hydrogen-bond acceptors (Lipinski definition) is 6. The molecule has 0 aliphatic carbocycles. The first-order chi connectivity index (χ1) is 10.3. The van der Waals surface area contributed by atoms with Gasteiger partial charge in [-0.15, -0.1) is 0 Å². The summed E-state index contributed by atoms with van der Waals surface area (Å²) in [7, 11) is -4.57. The number of esters is 2. The van der Waals surface area contributed by atoms with E-state index in [0.717, 1.165) is 12.1 Å². The summed E-state index contributed by atoms with van der Waals surface area (Å²) in [6, 6.07) is 3.07. The molecule has 9 heteroatoms. The van der Waals surface area contributed by atoms with Gasteiger partial charge in [0.25, 0.3) is 10.1 Å². The Kier molecular flexibility index (Phi) is 10.3. The van der Waals surface area contributed by atoms with Crippen molar-refractivity contribution in [2.75, 3.05) is 13.2 Å². The van der Waals surface area contributed by atoms with E-state index in [4.69, 9.17) is 14.0 Å². The molecule has 0 saturated carbocycles. The van der Waals surface area contributed by atoms with Crippen LogP contribution in [0.25, 0.3) is 0 Å². The van der Waals surface area contributed by atoms with Gasteiger partial charge in [0, 0.05) is 0 Å². The van der Waals surface area contributed by atoms with E-state index in [9.17, 15) is 18.0 Å². The molecule has 0 bridgehead atoms. The Balaban J connectivity index is 0.00000484. The summed E-state index contributed by atoms with van der Waals surface area (Å²) in [6.45, 7) is 3.92. The molecule has 0 radical (unpaired) electrons. The Morgan fingerprint density at radius 3 is 1.65 bits per heavy atom. The topological polar surface area (TPSA) is 107 Å². The molecule has 0 heterocycles. The quantitative estimate of drug-likeness (QED) is 0.363. The first kappa shape index (κ1) is 22.6. The van der Waals surface area contributed by atoms with Crippen molar-refractivity contribution in [3.8, 4) is 0 Å². The third-order valence-corrected chi connectivity index (χ3v) is 3.38. The van der Waals surface area contributed by atoms with Gasteiger partial charge in [-0.2, -0.15) is 8.42 Å². The Morgan fingerprint density at radius 1 is 0.957 bits per heavy atom. The molecule has 126 valence electrons. The van der Waals surface area contributed by atoms with E-state index in [1.54, 1.807) is 13.8 Å². The fourth-order valence-electron chi connectivity index (χ4n) is 1.54. The van der Waals surface area contributed by atoms with E-state index in [0.29, 0.717) is 12.8 Å². The van der Waals surface area contributed by atoms with Gasteiger partial charge in [0.05, 0.1) is 29.2 Å². The molecule has 0 aliphatic heterocycles. The van der Waals surface area contributed by atoms with Crippen LogP contribution in [0.15, 0.2) is 23.1 Å². The van der Waals surface area contributed by atoms with Gasteiger partial charge in [0.1, 0.15) is 0 Å². The molecule has 7 nitrogen and oxygen atoms in total. The molecule has 0 aliphatic rings. The van der Waals surface area contributed by atoms with Crippen LogP contribution in [0.1, 0.15) is 47.4 Å². The summed E-state index contributed by atoms with van der Waals surface area (Å²) in [4.78, 5) is 23.1. The van der Waals surface area contributed by atoms with Gasteiger partial charge < -0.3 is 9.47 Å². The van der Waals surface area contributed by atoms with Crippen molar-refractivity contribution in [3.05, 3.63) is 29.3 Å². The average Bonchev–Trinajstić information content (AvgIpc) is 2.48. The molecule has 0 atom stereocenters. The summed E-state index contributed by atoms with van der Waals surface area (Å²) >= 11 is 0. The minimum atomic E-state index is -4.57. The first-order valence-electron chi connectivity index (χ1n) is 6.76. The van der Waals surface area contributed by atoms with E-state index < -0.39 is 27.0 Å². The van der Waals surface area contributed by atoms with E-state index in [1.807, 2.05) is 0 Å². The standard InChI is InChI=1S/C14H18O7S.Ba.2H/c1-3-5-20-13(15)10-7-11(14(16)21-6-4-2)9-12(8-10)22(17,18)19;;;/h7-9H,3-6H2,1-2H3,(H,17,18,19);;;. The summed E-state index contributed by atoms with van der Waals surface area (Å²) in [6.07, 6.45) is 1.18. The molecule has 0 amide bonds. The molecule has 1 rings (SSSR count). The van der Waals surface area contributed by atoms with Gasteiger partial charge in [0.2, 0.25) is 0 Å². The zero-order valence-electron chi connectivity index (χ0n) is 12.4. The molecule has 23 heavy (non-hydrogen) atoms. The maximum atomic E-state index is 11.8. The van der Waals surface area contributed by atoms with Crippen LogP contribution in [-0.2, 0) is 19.6 Å². The molecule has 0 spiro atoms. The zero-order chi connectivity index (χ0) is 16.8. The van der Waals surface area contributed by atoms with Crippen LogP contribution in [0.2, 0.25) is 0 Å². The van der Waals surface area contributed by atoms with Crippen LogP contribution in [0.4, 0.5) is 0 Å². The van der Waals surface area contributed by atoms with Crippen LogP contribution in [-0.4, -0.2) is 87.0 Å². The second kappa shape index (κ2) is 10.5. The minimum absolute atomic E-state index is 0. The van der Waals surface area contributed by atoms with Crippen molar-refractivity contribution < 1.29 is 32.0 Å². The summed E-state index contributed by atoms with van der Waals surface area (Å²) < 4.78 is 41.4. The van der Waals surface area contributed by atoms with E-state index >= 15 is 0 Å². The van der Waals surface area contributed by atoms with Gasteiger partial charge in [-0.25, -0.2) is 9.59 Å². The van der Waals surface area contributed by atoms with Crippen molar-refractivity contribution >= 4 is 70.9 Å². The normalized spacial score (nSPS) is 10.6. The zero-order valence-corrected chi connectivity index (χ0v) is 13.2. The van der Waals surface area contributed by atoms with Crippen molar-refractivity contribution in [2.24, 2.45) is 0 Å². The number of carbonyl (C=O) groups is 2. The summed E-state index contributed by atoms with van der Waals surface area (Å²) in [5.74, 6) is -1.56. The van der Waals surface area contributed by atoms with Crippen LogP contribution in [0.5, 0.6) is 0 Å². The SMILES string of the molecule is CCCOC(=O)c1cc(C(=O)OCCC)cc(S(=O)(=O)O)c1.[BaH2]. The molecule has 0 fully saturated rings. The van der Waals surface area contributed by atoms with Crippen molar-refractivity contribution in [3.63, 3.8) is 0 Å². The molecular weight excluding hydrogens is 450 g/mol. The summed E-state index contributed by atoms with van der Waals surface area (Å²) in [5, 5.41) is 0. The van der Waals surface area contributed by atoms with Crippen LogP contribution >= 0.6 is 0 Å². The molecule has 1 N–H and O–H groups in total. The average molecular weight is 470 g/mol. The number of hydrogen-bond donors (Lipinski definition) is 1. The monoisotopic (exact) mass is 470 g/mol. The first-order valence-corrected chi connectivity index (χ1v) is 8.20. The molecule has 0 saturated heterocycles. The van der Waals surface area contributed by atoms with Crippen LogP contribution in [0, 0.1) is 0 Å². The van der Waals surface area contributed by atoms with Gasteiger partial charge >= 0.3 is 60.8 Å². The predicted octanol–water partition coefficient (Wildman–Crippen LogP) is 1.15. The second-order valence-corrected chi connectivity index (χ2v) is 5.91. The van der Waals surface area contributed by atoms with Crippen molar-refractivity contribution in [1.82, 2.24) is 0 Å². The number of ether oxygens (including phenoxy) is 2. The van der Waals surface area contributed by atoms with Crippen LogP contribution < -0.4 is 0 Å². The Bertz CT molecular complexity index is 617. The predicted molar refractivity (Wildman–Crippen MR) is 85.9 cm³/mol. The third kappa shape index (κ3) is 7.38. The third-order valence-electron chi connectivity index (χ3n) is 2.55. The molecule has 0 aromatic heterocycles. The number of rotatable bonds is 7. The Labute approximate surface area is 175 Å². The van der Waals surface area contributed by atoms with Gasteiger partial charge in [-0.05, 0) is 31.0 Å². The molecule has 1 aromatic carbocycles. The fourth-order valence-corrected chi connectivity index (χ4v) is 2.09. The second-order valence-electron chi connectivity index (χ2n) is 4.49. The molecule has 1 aromatic rings. The van der Waals surface area contributed by atoms with Gasteiger partial charge in [-0.3, -0.25) is 4.55 Å². The fraction of sp³-hybridized carbons (Fsp3) is 0.429. The van der Waals surface area contributed by atoms with Crippen molar-refractivity contribution in [1.29, 1.82) is 0 Å². The van der Waals surface area contributed by atoms with E-state index in [-0.39, 0.29) is 73.2 Å². The maximum absolute atomic E-state index is 11.8. The van der Waals surface area contributed by atoms with Crippen LogP contribution in [0.3, 0.4) is 0 Å². The Hall–Kier alpha value is -0.359. The Morgan fingerprint density at radius 2 is 1.35 bits per heavy atom. The number of benzene rings is 1. The molecule has 0 unspecified atom stereocenters. The van der Waals surface area contributed by atoms with Gasteiger partial charge in [0.15, 0.2) is 0 Å². The van der Waals surface area contributed by atoms with Crippen molar-refractivity contribution in [2.45, 2.75) is 31.6 Å².